The smallest absolute Gasteiger partial charge is 0.371 e. The minimum Gasteiger partial charge on any atom is -0.475 e. The van der Waals surface area contributed by atoms with E-state index in [0.717, 1.165) is 60.9 Å². The number of para-hydroxylation sites is 4. The molecule has 9 rings (SSSR count). The van der Waals surface area contributed by atoms with Gasteiger partial charge in [-0.3, -0.25) is 4.79 Å². The van der Waals surface area contributed by atoms with Crippen molar-refractivity contribution in [2.24, 2.45) is 0 Å². The fourth-order valence-corrected chi connectivity index (χ4v) is 6.80. The Balaban J connectivity index is 0.000000246. The lowest BCUT2D eigenvalue weighted by molar-refractivity contribution is -0.123. The second-order valence-electron chi connectivity index (χ2n) is 13.9. The molecular formula is C50H53N3O7S2. The predicted octanol–water partition coefficient (Wildman–Crippen LogP) is 10.9. The normalized spacial score (nSPS) is 11.4. The lowest BCUT2D eigenvalue weighted by Crippen LogP contribution is -2.46. The standard InChI is InChI=1S/C29H29N3O2.C10H10O2.C9H6O3.2CH4.S2/c1-20(21-9-3-2-4-10-21)32-29(33)27(18-23-19-31-26-13-7-6-12-25(23)26)30-16-15-24-17-22-11-5-8-14-28(22)34-24;11-6-5-9-7-8-3-1-2-4-10(8)12-9;10-9(11)8-5-6-3-1-2-4-7(6)12-8;;;1-2/h2-14,17,19-20,27,30-31H,15-16,18H2,1H3,(H,32,33);1-4,7,11H,5-6H2;1-5H,(H,10,11);2*1H4;. The molecule has 0 saturated carbocycles. The van der Waals surface area contributed by atoms with Gasteiger partial charge < -0.3 is 39.1 Å². The molecule has 1 amide bonds. The number of aromatic amines is 1. The van der Waals surface area contributed by atoms with Gasteiger partial charge in [0.05, 0.1) is 18.7 Å². The molecular weight excluding hydrogens is 819 g/mol. The second kappa shape index (κ2) is 24.1. The summed E-state index contributed by atoms with van der Waals surface area (Å²) in [7, 11) is 0. The zero-order valence-corrected chi connectivity index (χ0v) is 34.5. The molecule has 9 aromatic rings. The Kier molecular flexibility index (Phi) is 18.8. The number of aromatic nitrogens is 1. The van der Waals surface area contributed by atoms with E-state index in [0.29, 0.717) is 31.4 Å². The van der Waals surface area contributed by atoms with E-state index in [1.165, 1.54) is 6.07 Å². The Morgan fingerprint density at radius 2 is 1.19 bits per heavy atom. The van der Waals surface area contributed by atoms with Crippen molar-refractivity contribution in [2.75, 3.05) is 13.2 Å². The maximum absolute atomic E-state index is 13.4. The first-order valence-corrected chi connectivity index (χ1v) is 20.8. The average Bonchev–Trinajstić information content (AvgIpc) is 4.09. The Labute approximate surface area is 371 Å². The van der Waals surface area contributed by atoms with Crippen molar-refractivity contribution in [3.63, 3.8) is 0 Å². The Hall–Kier alpha value is -6.44. The summed E-state index contributed by atoms with van der Waals surface area (Å²) in [6.45, 7) is 2.80. The molecule has 0 aliphatic rings. The van der Waals surface area contributed by atoms with Gasteiger partial charge in [0.15, 0.2) is 0 Å². The van der Waals surface area contributed by atoms with E-state index in [4.69, 9.17) is 23.5 Å². The maximum atomic E-state index is 13.4. The number of nitrogens with one attached hydrogen (secondary N) is 3. The van der Waals surface area contributed by atoms with E-state index in [1.54, 1.807) is 12.1 Å². The minimum atomic E-state index is -1.04. The minimum absolute atomic E-state index is 0. The fourth-order valence-electron chi connectivity index (χ4n) is 6.80. The highest BCUT2D eigenvalue weighted by Gasteiger charge is 2.22. The Morgan fingerprint density at radius 1 is 0.677 bits per heavy atom. The number of carboxylic acid groups (broad SMARTS) is 1. The van der Waals surface area contributed by atoms with Crippen LogP contribution in [-0.2, 0) is 46.4 Å². The summed E-state index contributed by atoms with van der Waals surface area (Å²) in [5, 5.41) is 28.1. The zero-order chi connectivity index (χ0) is 42.3. The van der Waals surface area contributed by atoms with Crippen LogP contribution in [0.1, 0.15) is 61.0 Å². The van der Waals surface area contributed by atoms with Crippen LogP contribution < -0.4 is 10.6 Å². The van der Waals surface area contributed by atoms with Crippen molar-refractivity contribution in [2.45, 2.75) is 53.1 Å². The Bertz CT molecular complexity index is 2660. The van der Waals surface area contributed by atoms with Crippen molar-refractivity contribution >= 4 is 78.1 Å². The van der Waals surface area contributed by atoms with E-state index in [9.17, 15) is 9.59 Å². The molecule has 4 aromatic heterocycles. The number of H-pyrrole nitrogens is 1. The number of carboxylic acids is 1. The lowest BCUT2D eigenvalue weighted by Gasteiger charge is -2.21. The number of carbonyl (C=O) groups excluding carboxylic acids is 1. The number of aliphatic hydroxyl groups is 1. The molecule has 0 aliphatic heterocycles. The monoisotopic (exact) mass is 871 g/mol. The summed E-state index contributed by atoms with van der Waals surface area (Å²) >= 11 is 7.33. The molecule has 2 atom stereocenters. The number of furan rings is 3. The van der Waals surface area contributed by atoms with Crippen molar-refractivity contribution in [1.29, 1.82) is 0 Å². The molecule has 0 fully saturated rings. The number of carbonyl (C=O) groups is 2. The summed E-state index contributed by atoms with van der Waals surface area (Å²) in [4.78, 5) is 27.2. The average molecular weight is 872 g/mol. The summed E-state index contributed by atoms with van der Waals surface area (Å²) in [5.41, 5.74) is 5.68. The number of benzene rings is 5. The third-order valence-electron chi connectivity index (χ3n) is 9.78. The van der Waals surface area contributed by atoms with Gasteiger partial charge in [0, 0.05) is 75.0 Å². The number of aromatic carboxylic acids is 1. The van der Waals surface area contributed by atoms with Gasteiger partial charge in [0.1, 0.15) is 28.3 Å². The quantitative estimate of drug-likeness (QED) is 0.0801. The molecule has 322 valence electrons. The maximum Gasteiger partial charge on any atom is 0.371 e. The van der Waals surface area contributed by atoms with Gasteiger partial charge in [-0.05, 0) is 66.9 Å². The summed E-state index contributed by atoms with van der Waals surface area (Å²) in [5.74, 6) is 0.699. The van der Waals surface area contributed by atoms with Gasteiger partial charge in [0.2, 0.25) is 11.7 Å². The summed E-state index contributed by atoms with van der Waals surface area (Å²) in [6.07, 6.45) is 3.90. The van der Waals surface area contributed by atoms with Crippen LogP contribution in [0.2, 0.25) is 0 Å². The van der Waals surface area contributed by atoms with Gasteiger partial charge in [-0.1, -0.05) is 118 Å². The molecule has 0 aliphatic carbocycles. The van der Waals surface area contributed by atoms with Crippen LogP contribution in [0.3, 0.4) is 0 Å². The van der Waals surface area contributed by atoms with E-state index in [-0.39, 0.29) is 45.2 Å². The van der Waals surface area contributed by atoms with Crippen LogP contribution in [0.25, 0.3) is 43.8 Å². The molecule has 2 unspecified atom stereocenters. The predicted molar refractivity (Wildman–Crippen MR) is 255 cm³/mol. The highest BCUT2D eigenvalue weighted by molar-refractivity contribution is 8.07. The molecule has 12 heteroatoms. The zero-order valence-electron chi connectivity index (χ0n) is 32.9. The second-order valence-corrected chi connectivity index (χ2v) is 13.9. The first kappa shape index (κ1) is 48.2. The van der Waals surface area contributed by atoms with E-state index in [2.05, 4.69) is 56.2 Å². The molecule has 62 heavy (non-hydrogen) atoms. The van der Waals surface area contributed by atoms with E-state index >= 15 is 0 Å². The van der Waals surface area contributed by atoms with Crippen molar-refractivity contribution in [1.82, 2.24) is 15.6 Å². The number of fused-ring (bicyclic) bond motifs is 4. The lowest BCUT2D eigenvalue weighted by atomic mass is 10.0. The van der Waals surface area contributed by atoms with Gasteiger partial charge in [-0.15, -0.1) is 0 Å². The Morgan fingerprint density at radius 3 is 1.76 bits per heavy atom. The number of hydrogen-bond acceptors (Lipinski definition) is 9. The number of amides is 1. The highest BCUT2D eigenvalue weighted by atomic mass is 32.8. The van der Waals surface area contributed by atoms with Crippen LogP contribution >= 0.6 is 0 Å². The van der Waals surface area contributed by atoms with Crippen molar-refractivity contribution < 1.29 is 33.1 Å². The molecule has 5 aromatic carbocycles. The highest BCUT2D eigenvalue weighted by Crippen LogP contribution is 2.22. The first-order chi connectivity index (χ1) is 29.3. The van der Waals surface area contributed by atoms with Gasteiger partial charge in [-0.2, -0.15) is 0 Å². The van der Waals surface area contributed by atoms with Crippen LogP contribution in [0.4, 0.5) is 0 Å². The van der Waals surface area contributed by atoms with Crippen molar-refractivity contribution in [3.05, 3.63) is 180 Å². The largest absolute Gasteiger partial charge is 0.475 e. The fraction of sp³-hybridized carbons (Fsp3) is 0.200. The topological polar surface area (TPSA) is 154 Å². The van der Waals surface area contributed by atoms with E-state index < -0.39 is 5.97 Å². The molecule has 5 N–H and O–H groups in total. The third-order valence-corrected chi connectivity index (χ3v) is 9.78. The summed E-state index contributed by atoms with van der Waals surface area (Å²) in [6, 6.07) is 46.4. The number of aliphatic hydroxyl groups excluding tert-OH is 1. The number of hydrogen-bond donors (Lipinski definition) is 5. The number of rotatable bonds is 12. The van der Waals surface area contributed by atoms with Gasteiger partial charge in [0.25, 0.3) is 0 Å². The van der Waals surface area contributed by atoms with Gasteiger partial charge >= 0.3 is 5.97 Å². The SMILES string of the molecule is C.C.CC(NC(=O)C(Cc1c[nH]c2ccccc12)NCCc1cc2ccccc2o1)c1ccccc1.O=C(O)c1cc2ccccc2o1.OCCc1cc2ccccc2o1.S=S. The summed E-state index contributed by atoms with van der Waals surface area (Å²) < 4.78 is 16.4. The molecule has 0 spiro atoms. The third kappa shape index (κ3) is 12.8. The molecule has 0 bridgehead atoms. The molecule has 0 saturated heterocycles. The van der Waals surface area contributed by atoms with E-state index in [1.807, 2.05) is 122 Å². The van der Waals surface area contributed by atoms with Crippen molar-refractivity contribution in [3.8, 4) is 0 Å². The molecule has 0 radical (unpaired) electrons. The van der Waals surface area contributed by atoms with Crippen LogP contribution in [0.5, 0.6) is 0 Å². The van der Waals surface area contributed by atoms with Crippen LogP contribution in [-0.4, -0.2) is 46.3 Å². The van der Waals surface area contributed by atoms with Gasteiger partial charge in [-0.25, -0.2) is 4.79 Å². The molecule has 4 heterocycles. The van der Waals surface area contributed by atoms with Crippen LogP contribution in [0, 0.1) is 0 Å². The van der Waals surface area contributed by atoms with Crippen LogP contribution in [0.15, 0.2) is 165 Å². The molecule has 10 nitrogen and oxygen atoms in total. The first-order valence-electron chi connectivity index (χ1n) is 19.4.